The summed E-state index contributed by atoms with van der Waals surface area (Å²) in [7, 11) is 0. The number of hydrogen-bond acceptors (Lipinski definition) is 7. The van der Waals surface area contributed by atoms with Crippen LogP contribution in [0.4, 0.5) is 0 Å². The van der Waals surface area contributed by atoms with E-state index in [1.165, 1.54) is 6.92 Å². The number of amides is 4. The molecule has 0 saturated heterocycles. The molecule has 0 fully saturated rings. The van der Waals surface area contributed by atoms with Gasteiger partial charge in [-0.15, -0.1) is 0 Å². The van der Waals surface area contributed by atoms with Crippen molar-refractivity contribution < 1.29 is 39.0 Å². The quantitative estimate of drug-likeness (QED) is 0.136. The van der Waals surface area contributed by atoms with E-state index in [-0.39, 0.29) is 25.7 Å². The molecule has 10 N–H and O–H groups in total. The van der Waals surface area contributed by atoms with Crippen molar-refractivity contribution in [3.63, 3.8) is 0 Å². The number of carboxylic acid groups (broad SMARTS) is 2. The first-order valence-electron chi connectivity index (χ1n) is 11.8. The molecule has 0 bridgehead atoms. The maximum absolute atomic E-state index is 13.3. The molecule has 14 heteroatoms. The van der Waals surface area contributed by atoms with Crippen LogP contribution in [0, 0.1) is 0 Å². The molecule has 0 radical (unpaired) electrons. The fraction of sp³-hybridized carbons (Fsp3) is 0.417. The van der Waals surface area contributed by atoms with Crippen molar-refractivity contribution in [1.82, 2.24) is 20.9 Å². The third-order valence-corrected chi connectivity index (χ3v) is 5.72. The number of rotatable bonds is 15. The van der Waals surface area contributed by atoms with Crippen LogP contribution in [0.3, 0.4) is 0 Å². The van der Waals surface area contributed by atoms with Crippen molar-refractivity contribution in [1.29, 1.82) is 0 Å². The van der Waals surface area contributed by atoms with E-state index in [4.69, 9.17) is 16.6 Å². The summed E-state index contributed by atoms with van der Waals surface area (Å²) < 4.78 is 0. The monoisotopic (exact) mass is 532 g/mol. The van der Waals surface area contributed by atoms with Crippen molar-refractivity contribution >= 4 is 46.5 Å². The largest absolute Gasteiger partial charge is 0.481 e. The van der Waals surface area contributed by atoms with Crippen LogP contribution < -0.4 is 27.4 Å². The third-order valence-electron chi connectivity index (χ3n) is 5.72. The lowest BCUT2D eigenvalue weighted by Crippen LogP contribution is -2.57. The number of nitrogens with one attached hydrogen (secondary N) is 4. The second-order valence-corrected chi connectivity index (χ2v) is 8.81. The van der Waals surface area contributed by atoms with Crippen molar-refractivity contribution in [2.45, 2.75) is 63.2 Å². The number of nitrogens with two attached hydrogens (primary N) is 2. The third kappa shape index (κ3) is 8.89. The Kier molecular flexibility index (Phi) is 10.8. The molecule has 2 rings (SSSR count). The zero-order chi connectivity index (χ0) is 28.4. The summed E-state index contributed by atoms with van der Waals surface area (Å²) in [4.78, 5) is 75.3. The second kappa shape index (κ2) is 13.7. The first-order chi connectivity index (χ1) is 17.9. The van der Waals surface area contributed by atoms with Crippen LogP contribution in [0.2, 0.25) is 0 Å². The van der Waals surface area contributed by atoms with E-state index in [1.54, 1.807) is 12.3 Å². The number of para-hydroxylation sites is 1. The highest BCUT2D eigenvalue weighted by atomic mass is 16.4. The molecule has 1 aromatic carbocycles. The van der Waals surface area contributed by atoms with E-state index >= 15 is 0 Å². The van der Waals surface area contributed by atoms with Gasteiger partial charge in [0.1, 0.15) is 18.1 Å². The zero-order valence-electron chi connectivity index (χ0n) is 20.7. The summed E-state index contributed by atoms with van der Waals surface area (Å²) in [5.41, 5.74) is 12.2. The van der Waals surface area contributed by atoms with Gasteiger partial charge in [0.25, 0.3) is 0 Å². The number of carbonyl (C=O) groups excluding carboxylic acids is 4. The Morgan fingerprint density at radius 2 is 1.45 bits per heavy atom. The van der Waals surface area contributed by atoms with Gasteiger partial charge in [0.2, 0.25) is 23.6 Å². The molecule has 2 aromatic rings. The van der Waals surface area contributed by atoms with Crippen LogP contribution in [-0.4, -0.2) is 74.9 Å². The van der Waals surface area contributed by atoms with Gasteiger partial charge in [-0.3, -0.25) is 24.0 Å². The second-order valence-electron chi connectivity index (χ2n) is 8.81. The summed E-state index contributed by atoms with van der Waals surface area (Å²) in [6.45, 7) is 1.43. The molecule has 38 heavy (non-hydrogen) atoms. The summed E-state index contributed by atoms with van der Waals surface area (Å²) in [5.74, 6) is -5.87. The average molecular weight is 533 g/mol. The lowest BCUT2D eigenvalue weighted by atomic mass is 10.0. The molecule has 0 saturated carbocycles. The highest BCUT2D eigenvalue weighted by Crippen LogP contribution is 2.19. The Labute approximate surface area is 217 Å². The predicted octanol–water partition coefficient (Wildman–Crippen LogP) is -1.27. The van der Waals surface area contributed by atoms with Gasteiger partial charge in [-0.25, -0.2) is 4.79 Å². The van der Waals surface area contributed by atoms with Gasteiger partial charge in [0, 0.05) is 36.4 Å². The molecule has 4 amide bonds. The normalized spacial score (nSPS) is 14.1. The molecule has 1 heterocycles. The average Bonchev–Trinajstić information content (AvgIpc) is 3.25. The minimum Gasteiger partial charge on any atom is -0.481 e. The Morgan fingerprint density at radius 1 is 0.868 bits per heavy atom. The first kappa shape index (κ1) is 29.8. The van der Waals surface area contributed by atoms with Crippen LogP contribution in [-0.2, 0) is 35.2 Å². The fourth-order valence-electron chi connectivity index (χ4n) is 3.66. The lowest BCUT2D eigenvalue weighted by molar-refractivity contribution is -0.143. The number of hydrogen-bond donors (Lipinski definition) is 8. The number of aliphatic carboxylic acids is 2. The Bertz CT molecular complexity index is 1190. The van der Waals surface area contributed by atoms with Crippen molar-refractivity contribution in [3.05, 3.63) is 36.0 Å². The smallest absolute Gasteiger partial charge is 0.326 e. The van der Waals surface area contributed by atoms with E-state index in [0.717, 1.165) is 10.9 Å². The van der Waals surface area contributed by atoms with E-state index in [1.807, 2.05) is 18.2 Å². The maximum Gasteiger partial charge on any atom is 0.326 e. The molecule has 0 spiro atoms. The van der Waals surface area contributed by atoms with Gasteiger partial charge >= 0.3 is 11.9 Å². The number of aromatic nitrogens is 1. The molecular formula is C24H32N6O8. The van der Waals surface area contributed by atoms with Gasteiger partial charge in [0.05, 0.1) is 6.04 Å². The molecule has 4 unspecified atom stereocenters. The number of H-pyrrole nitrogens is 1. The maximum atomic E-state index is 13.3. The molecule has 0 aliphatic rings. The minimum absolute atomic E-state index is 0.0118. The predicted molar refractivity (Wildman–Crippen MR) is 134 cm³/mol. The molecule has 0 aliphatic carbocycles. The first-order valence-corrected chi connectivity index (χ1v) is 11.8. The topological polar surface area (TPSA) is 247 Å². The van der Waals surface area contributed by atoms with Crippen LogP contribution >= 0.6 is 0 Å². The molecular weight excluding hydrogens is 500 g/mol. The van der Waals surface area contributed by atoms with Gasteiger partial charge < -0.3 is 42.6 Å². The minimum atomic E-state index is -1.50. The summed E-state index contributed by atoms with van der Waals surface area (Å²) in [6.07, 6.45) is 0.182. The molecule has 14 nitrogen and oxygen atoms in total. The van der Waals surface area contributed by atoms with Gasteiger partial charge in [-0.1, -0.05) is 18.2 Å². The molecule has 206 valence electrons. The number of aromatic amines is 1. The fourth-order valence-corrected chi connectivity index (χ4v) is 3.66. The van der Waals surface area contributed by atoms with Crippen molar-refractivity contribution in [2.24, 2.45) is 11.5 Å². The van der Waals surface area contributed by atoms with Crippen molar-refractivity contribution in [3.8, 4) is 0 Å². The summed E-state index contributed by atoms with van der Waals surface area (Å²) >= 11 is 0. The SMILES string of the molecule is CC(N)C(=O)NC(Cc1c[nH]c2ccccc12)C(=O)NC(CCC(=O)O)C(=O)NC(CCC(N)=O)C(=O)O. The summed E-state index contributed by atoms with van der Waals surface area (Å²) in [5, 5.41) is 26.4. The van der Waals surface area contributed by atoms with Gasteiger partial charge in [-0.2, -0.15) is 0 Å². The number of fused-ring (bicyclic) bond motifs is 1. The van der Waals surface area contributed by atoms with Crippen LogP contribution in [0.15, 0.2) is 30.5 Å². The van der Waals surface area contributed by atoms with E-state index in [0.29, 0.717) is 5.56 Å². The van der Waals surface area contributed by atoms with E-state index < -0.39 is 66.2 Å². The molecule has 1 aromatic heterocycles. The van der Waals surface area contributed by atoms with E-state index in [2.05, 4.69) is 20.9 Å². The molecule has 0 aliphatic heterocycles. The highest BCUT2D eigenvalue weighted by molar-refractivity contribution is 5.95. The lowest BCUT2D eigenvalue weighted by Gasteiger charge is -2.24. The number of carbonyl (C=O) groups is 6. The van der Waals surface area contributed by atoms with Crippen molar-refractivity contribution in [2.75, 3.05) is 0 Å². The zero-order valence-corrected chi connectivity index (χ0v) is 20.7. The van der Waals surface area contributed by atoms with E-state index in [9.17, 15) is 33.9 Å². The van der Waals surface area contributed by atoms with Crippen LogP contribution in [0.1, 0.15) is 38.2 Å². The Morgan fingerprint density at radius 3 is 2.05 bits per heavy atom. The van der Waals surface area contributed by atoms with Gasteiger partial charge in [-0.05, 0) is 31.4 Å². The van der Waals surface area contributed by atoms with Crippen LogP contribution in [0.5, 0.6) is 0 Å². The molecule has 4 atom stereocenters. The Hall–Kier alpha value is -4.46. The number of benzene rings is 1. The van der Waals surface area contributed by atoms with Crippen LogP contribution in [0.25, 0.3) is 10.9 Å². The number of primary amides is 1. The van der Waals surface area contributed by atoms with Gasteiger partial charge in [0.15, 0.2) is 0 Å². The standard InChI is InChI=1S/C24H32N6O8/c1-12(25)21(34)30-18(10-13-11-27-15-5-3-2-4-14(13)15)23(36)28-16(7-9-20(32)33)22(35)29-17(24(37)38)6-8-19(26)31/h2-5,11-12,16-18,27H,6-10,25H2,1H3,(H2,26,31)(H,28,36)(H,29,35)(H,30,34)(H,32,33)(H,37,38). The number of carboxylic acids is 2. The summed E-state index contributed by atoms with van der Waals surface area (Å²) in [6, 6.07) is 2.19. The Balaban J connectivity index is 2.27. The highest BCUT2D eigenvalue weighted by Gasteiger charge is 2.31.